The van der Waals surface area contributed by atoms with Crippen LogP contribution in [0.25, 0.3) is 11.3 Å². The van der Waals surface area contributed by atoms with Gasteiger partial charge in [-0.1, -0.05) is 24.3 Å². The molecule has 0 fully saturated rings. The Morgan fingerprint density at radius 3 is 2.83 bits per heavy atom. The Balaban J connectivity index is 1.57. The summed E-state index contributed by atoms with van der Waals surface area (Å²) in [7, 11) is 1.92. The molecule has 0 spiro atoms. The fraction of sp³-hybridized carbons (Fsp3) is 0.263. The zero-order valence-corrected chi connectivity index (χ0v) is 13.6. The van der Waals surface area contributed by atoms with Gasteiger partial charge in [-0.15, -0.1) is 0 Å². The van der Waals surface area contributed by atoms with Crippen LogP contribution in [0.1, 0.15) is 22.7 Å². The first kappa shape index (κ1) is 15.1. The smallest absolute Gasteiger partial charge is 0.0969 e. The summed E-state index contributed by atoms with van der Waals surface area (Å²) in [5.74, 6) is 0. The van der Waals surface area contributed by atoms with E-state index in [0.717, 1.165) is 16.8 Å². The molecule has 0 radical (unpaired) electrons. The van der Waals surface area contributed by atoms with Gasteiger partial charge >= 0.3 is 0 Å². The van der Waals surface area contributed by atoms with E-state index in [1.165, 1.54) is 11.1 Å². The standard InChI is InChI=1S/C19H20N4O/c1-23-12-15(18(22-23)13-6-8-20-9-7-13)11-21-19-16-5-3-2-4-14(16)10-17(19)24/h2-9,12,17,19,21,24H,10-11H2,1H3/t17-,19+/m1/s1. The van der Waals surface area contributed by atoms with Gasteiger partial charge in [0, 0.05) is 49.7 Å². The molecule has 0 unspecified atom stereocenters. The van der Waals surface area contributed by atoms with Crippen LogP contribution in [0.3, 0.4) is 0 Å². The summed E-state index contributed by atoms with van der Waals surface area (Å²) < 4.78 is 1.83. The normalized spacial score (nSPS) is 19.4. The second kappa shape index (κ2) is 6.19. The molecule has 1 aliphatic rings. The zero-order valence-electron chi connectivity index (χ0n) is 13.6. The van der Waals surface area contributed by atoms with Gasteiger partial charge < -0.3 is 10.4 Å². The Hall–Kier alpha value is -2.50. The predicted octanol–water partition coefficient (Wildman–Crippen LogP) is 2.23. The van der Waals surface area contributed by atoms with E-state index in [2.05, 4.69) is 27.5 Å². The van der Waals surface area contributed by atoms with Crippen molar-refractivity contribution in [1.82, 2.24) is 20.1 Å². The summed E-state index contributed by atoms with van der Waals surface area (Å²) in [4.78, 5) is 4.07. The van der Waals surface area contributed by atoms with Crippen LogP contribution in [-0.2, 0) is 20.0 Å². The molecule has 2 N–H and O–H groups in total. The van der Waals surface area contributed by atoms with Gasteiger partial charge in [0.25, 0.3) is 0 Å². The van der Waals surface area contributed by atoms with Crippen molar-refractivity contribution in [3.63, 3.8) is 0 Å². The molecular weight excluding hydrogens is 300 g/mol. The number of aryl methyl sites for hydroxylation is 1. The van der Waals surface area contributed by atoms with E-state index in [1.54, 1.807) is 12.4 Å². The molecule has 24 heavy (non-hydrogen) atoms. The minimum atomic E-state index is -0.386. The van der Waals surface area contributed by atoms with Crippen LogP contribution in [-0.4, -0.2) is 26.0 Å². The van der Waals surface area contributed by atoms with E-state index >= 15 is 0 Å². The topological polar surface area (TPSA) is 63.0 Å². The lowest BCUT2D eigenvalue weighted by atomic mass is 10.1. The molecule has 0 saturated heterocycles. The first-order valence-corrected chi connectivity index (χ1v) is 8.14. The second-order valence-electron chi connectivity index (χ2n) is 6.24. The van der Waals surface area contributed by atoms with Crippen molar-refractivity contribution in [1.29, 1.82) is 0 Å². The lowest BCUT2D eigenvalue weighted by Gasteiger charge is -2.18. The number of fused-ring (bicyclic) bond motifs is 1. The molecule has 2 atom stereocenters. The second-order valence-corrected chi connectivity index (χ2v) is 6.24. The molecule has 3 aromatic rings. The maximum Gasteiger partial charge on any atom is 0.0969 e. The van der Waals surface area contributed by atoms with Crippen LogP contribution in [0.5, 0.6) is 0 Å². The van der Waals surface area contributed by atoms with Gasteiger partial charge in [0.15, 0.2) is 0 Å². The molecule has 0 aliphatic heterocycles. The quantitative estimate of drug-likeness (QED) is 0.774. The number of pyridine rings is 1. The number of aliphatic hydroxyl groups excluding tert-OH is 1. The highest BCUT2D eigenvalue weighted by atomic mass is 16.3. The molecule has 2 heterocycles. The van der Waals surface area contributed by atoms with Crippen molar-refractivity contribution in [2.75, 3.05) is 0 Å². The number of hydrogen-bond acceptors (Lipinski definition) is 4. The van der Waals surface area contributed by atoms with E-state index in [0.29, 0.717) is 13.0 Å². The number of aliphatic hydroxyl groups is 1. The fourth-order valence-corrected chi connectivity index (χ4v) is 3.46. The van der Waals surface area contributed by atoms with Gasteiger partial charge in [-0.2, -0.15) is 5.10 Å². The van der Waals surface area contributed by atoms with Gasteiger partial charge in [-0.25, -0.2) is 0 Å². The van der Waals surface area contributed by atoms with E-state index in [9.17, 15) is 5.11 Å². The molecule has 2 aromatic heterocycles. The molecule has 5 heteroatoms. The third-order valence-corrected chi connectivity index (χ3v) is 4.57. The first-order valence-electron chi connectivity index (χ1n) is 8.14. The van der Waals surface area contributed by atoms with Crippen LogP contribution in [0.2, 0.25) is 0 Å². The summed E-state index contributed by atoms with van der Waals surface area (Å²) in [6.45, 7) is 0.654. The number of nitrogens with zero attached hydrogens (tertiary/aromatic N) is 3. The molecular formula is C19H20N4O. The highest BCUT2D eigenvalue weighted by Crippen LogP contribution is 2.32. The van der Waals surface area contributed by atoms with E-state index in [4.69, 9.17) is 0 Å². The van der Waals surface area contributed by atoms with Crippen molar-refractivity contribution >= 4 is 0 Å². The van der Waals surface area contributed by atoms with Crippen LogP contribution in [0, 0.1) is 0 Å². The van der Waals surface area contributed by atoms with Crippen LogP contribution >= 0.6 is 0 Å². The maximum absolute atomic E-state index is 10.4. The third kappa shape index (κ3) is 2.72. The number of nitrogens with one attached hydrogen (secondary N) is 1. The molecule has 0 amide bonds. The monoisotopic (exact) mass is 320 g/mol. The molecule has 0 saturated carbocycles. The van der Waals surface area contributed by atoms with Crippen molar-refractivity contribution in [2.24, 2.45) is 7.05 Å². The average molecular weight is 320 g/mol. The zero-order chi connectivity index (χ0) is 16.5. The Bertz CT molecular complexity index is 844. The number of hydrogen-bond donors (Lipinski definition) is 2. The Kier molecular flexibility index (Phi) is 3.88. The third-order valence-electron chi connectivity index (χ3n) is 4.57. The summed E-state index contributed by atoms with van der Waals surface area (Å²) in [6, 6.07) is 12.1. The van der Waals surface area contributed by atoms with Crippen molar-refractivity contribution in [3.8, 4) is 11.3 Å². The maximum atomic E-state index is 10.4. The molecule has 5 nitrogen and oxygen atoms in total. The summed E-state index contributed by atoms with van der Waals surface area (Å²) in [6.07, 6.45) is 5.90. The van der Waals surface area contributed by atoms with E-state index in [-0.39, 0.29) is 12.1 Å². The van der Waals surface area contributed by atoms with Crippen LogP contribution < -0.4 is 5.32 Å². The first-order chi connectivity index (χ1) is 11.7. The van der Waals surface area contributed by atoms with Crippen molar-refractivity contribution in [3.05, 3.63) is 71.7 Å². The van der Waals surface area contributed by atoms with Gasteiger partial charge in [0.2, 0.25) is 0 Å². The number of rotatable bonds is 4. The van der Waals surface area contributed by atoms with Crippen LogP contribution in [0.4, 0.5) is 0 Å². The Morgan fingerprint density at radius 1 is 1.21 bits per heavy atom. The highest BCUT2D eigenvalue weighted by Gasteiger charge is 2.30. The summed E-state index contributed by atoms with van der Waals surface area (Å²) in [5, 5.41) is 18.5. The number of benzene rings is 1. The van der Waals surface area contributed by atoms with Gasteiger partial charge in [0.1, 0.15) is 0 Å². The van der Waals surface area contributed by atoms with E-state index < -0.39 is 0 Å². The average Bonchev–Trinajstić information content (AvgIpc) is 3.13. The van der Waals surface area contributed by atoms with Gasteiger partial charge in [-0.3, -0.25) is 9.67 Å². The molecule has 4 rings (SSSR count). The molecule has 0 bridgehead atoms. The Morgan fingerprint density at radius 2 is 2.00 bits per heavy atom. The predicted molar refractivity (Wildman–Crippen MR) is 92.2 cm³/mol. The van der Waals surface area contributed by atoms with Crippen molar-refractivity contribution < 1.29 is 5.11 Å². The summed E-state index contributed by atoms with van der Waals surface area (Å²) >= 11 is 0. The minimum absolute atomic E-state index is 0.0355. The largest absolute Gasteiger partial charge is 0.391 e. The van der Waals surface area contributed by atoms with Crippen molar-refractivity contribution in [2.45, 2.75) is 25.1 Å². The van der Waals surface area contributed by atoms with Gasteiger partial charge in [-0.05, 0) is 23.3 Å². The number of aromatic nitrogens is 3. The highest BCUT2D eigenvalue weighted by molar-refractivity contribution is 5.61. The minimum Gasteiger partial charge on any atom is -0.391 e. The molecule has 122 valence electrons. The lowest BCUT2D eigenvalue weighted by Crippen LogP contribution is -2.28. The van der Waals surface area contributed by atoms with E-state index in [1.807, 2.05) is 42.2 Å². The summed E-state index contributed by atoms with van der Waals surface area (Å²) in [5.41, 5.74) is 5.53. The fourth-order valence-electron chi connectivity index (χ4n) is 3.46. The molecule has 1 aromatic carbocycles. The van der Waals surface area contributed by atoms with Gasteiger partial charge in [0.05, 0.1) is 17.8 Å². The SMILES string of the molecule is Cn1cc(CN[C@H]2c3ccccc3C[C@H]2O)c(-c2ccncc2)n1. The molecule has 1 aliphatic carbocycles. The van der Waals surface area contributed by atoms with Crippen LogP contribution in [0.15, 0.2) is 55.0 Å². The Labute approximate surface area is 141 Å². The lowest BCUT2D eigenvalue weighted by molar-refractivity contribution is 0.140.